The topological polar surface area (TPSA) is 61.3 Å². The van der Waals surface area contributed by atoms with Gasteiger partial charge < -0.3 is 15.3 Å². The maximum absolute atomic E-state index is 10.1. The van der Waals surface area contributed by atoms with Crippen molar-refractivity contribution in [3.05, 3.63) is 11.4 Å². The molecule has 1 aromatic heterocycles. The largest absolute Gasteiger partial charge is 0.389 e. The Labute approximate surface area is 128 Å². The predicted molar refractivity (Wildman–Crippen MR) is 89.1 cm³/mol. The molecule has 0 aliphatic heterocycles. The van der Waals surface area contributed by atoms with Crippen LogP contribution in [0.4, 0.5) is 11.6 Å². The second-order valence-corrected chi connectivity index (χ2v) is 6.04. The average molecular weight is 294 g/mol. The third kappa shape index (κ3) is 5.16. The van der Waals surface area contributed by atoms with Crippen LogP contribution in [0.1, 0.15) is 52.4 Å². The minimum absolute atomic E-state index is 0.553. The summed E-state index contributed by atoms with van der Waals surface area (Å²) in [5.74, 6) is 2.67. The molecule has 2 N–H and O–H groups in total. The predicted octanol–water partition coefficient (Wildman–Crippen LogP) is 2.77. The summed E-state index contributed by atoms with van der Waals surface area (Å²) in [4.78, 5) is 11.4. The van der Waals surface area contributed by atoms with Crippen molar-refractivity contribution < 1.29 is 5.11 Å². The summed E-state index contributed by atoms with van der Waals surface area (Å²) in [6.07, 6.45) is 1.86. The summed E-state index contributed by atoms with van der Waals surface area (Å²) >= 11 is 0. The number of rotatable bonds is 8. The van der Waals surface area contributed by atoms with Crippen LogP contribution in [0.5, 0.6) is 0 Å². The Balaban J connectivity index is 3.18. The van der Waals surface area contributed by atoms with E-state index in [1.807, 2.05) is 20.8 Å². The van der Waals surface area contributed by atoms with E-state index in [2.05, 4.69) is 41.0 Å². The van der Waals surface area contributed by atoms with E-state index in [1.54, 1.807) is 0 Å². The Hall–Kier alpha value is -1.36. The molecule has 1 aromatic rings. The summed E-state index contributed by atoms with van der Waals surface area (Å²) in [7, 11) is 0. The van der Waals surface area contributed by atoms with Crippen LogP contribution in [0.2, 0.25) is 0 Å². The molecule has 0 aliphatic carbocycles. The molecule has 0 saturated carbocycles. The third-order valence-corrected chi connectivity index (χ3v) is 3.28. The molecular weight excluding hydrogens is 264 g/mol. The van der Waals surface area contributed by atoms with Crippen LogP contribution < -0.4 is 10.2 Å². The summed E-state index contributed by atoms with van der Waals surface area (Å²) in [5.41, 5.74) is 0.295. The molecule has 0 unspecified atom stereocenters. The summed E-state index contributed by atoms with van der Waals surface area (Å²) in [6, 6.07) is 0. The molecule has 0 amide bonds. The van der Waals surface area contributed by atoms with Gasteiger partial charge >= 0.3 is 0 Å². The number of nitrogens with one attached hydrogen (secondary N) is 1. The molecule has 0 bridgehead atoms. The number of aromatic nitrogens is 2. The average Bonchev–Trinajstić information content (AvgIpc) is 2.43. The molecule has 120 valence electrons. The highest BCUT2D eigenvalue weighted by Crippen LogP contribution is 2.25. The summed E-state index contributed by atoms with van der Waals surface area (Å²) in [5, 5.41) is 13.5. The van der Waals surface area contributed by atoms with Crippen LogP contribution in [0.15, 0.2) is 0 Å². The summed E-state index contributed by atoms with van der Waals surface area (Å²) in [6.45, 7) is 14.2. The van der Waals surface area contributed by atoms with Crippen LogP contribution in [0.25, 0.3) is 0 Å². The zero-order valence-corrected chi connectivity index (χ0v) is 14.3. The van der Waals surface area contributed by atoms with Crippen molar-refractivity contribution >= 4 is 11.6 Å². The van der Waals surface area contributed by atoms with Crippen LogP contribution in [-0.2, 0) is 6.42 Å². The van der Waals surface area contributed by atoms with Gasteiger partial charge in [-0.1, -0.05) is 13.8 Å². The summed E-state index contributed by atoms with van der Waals surface area (Å²) < 4.78 is 0. The normalized spacial score (nSPS) is 11.6. The van der Waals surface area contributed by atoms with E-state index in [4.69, 9.17) is 0 Å². The van der Waals surface area contributed by atoms with Gasteiger partial charge in [0, 0.05) is 31.6 Å². The fourth-order valence-electron chi connectivity index (χ4n) is 2.23. The number of hydrogen-bond donors (Lipinski definition) is 2. The number of aryl methyl sites for hydroxylation is 1. The van der Waals surface area contributed by atoms with Crippen molar-refractivity contribution in [2.45, 2.75) is 60.0 Å². The maximum atomic E-state index is 10.1. The quantitative estimate of drug-likeness (QED) is 0.772. The highest BCUT2D eigenvalue weighted by atomic mass is 16.3. The van der Waals surface area contributed by atoms with Crippen LogP contribution in [0.3, 0.4) is 0 Å². The molecule has 1 heterocycles. The van der Waals surface area contributed by atoms with Gasteiger partial charge in [-0.2, -0.15) is 0 Å². The number of anilines is 2. The molecule has 5 heteroatoms. The maximum Gasteiger partial charge on any atom is 0.137 e. The van der Waals surface area contributed by atoms with Gasteiger partial charge in [0.15, 0.2) is 0 Å². The van der Waals surface area contributed by atoms with Crippen molar-refractivity contribution in [3.63, 3.8) is 0 Å². The van der Waals surface area contributed by atoms with E-state index < -0.39 is 5.60 Å². The molecule has 0 atom stereocenters. The molecule has 0 aromatic carbocycles. The fourth-order valence-corrected chi connectivity index (χ4v) is 2.23. The van der Waals surface area contributed by atoms with Gasteiger partial charge in [0.1, 0.15) is 17.5 Å². The number of nitrogens with zero attached hydrogens (tertiary/aromatic N) is 3. The van der Waals surface area contributed by atoms with E-state index in [0.717, 1.165) is 49.0 Å². The van der Waals surface area contributed by atoms with Gasteiger partial charge in [0.25, 0.3) is 0 Å². The minimum Gasteiger partial charge on any atom is -0.389 e. The van der Waals surface area contributed by atoms with Gasteiger partial charge in [-0.05, 0) is 34.1 Å². The molecule has 5 nitrogen and oxygen atoms in total. The van der Waals surface area contributed by atoms with Crippen molar-refractivity contribution in [3.8, 4) is 0 Å². The van der Waals surface area contributed by atoms with E-state index in [0.29, 0.717) is 6.54 Å². The zero-order chi connectivity index (χ0) is 16.0. The molecule has 0 spiro atoms. The Kier molecular flexibility index (Phi) is 6.40. The lowest BCUT2D eigenvalue weighted by Gasteiger charge is -2.30. The first-order valence-electron chi connectivity index (χ1n) is 7.91. The molecule has 0 saturated heterocycles. The van der Waals surface area contributed by atoms with Gasteiger partial charge in [-0.25, -0.2) is 9.97 Å². The van der Waals surface area contributed by atoms with Crippen molar-refractivity contribution in [1.82, 2.24) is 9.97 Å². The second kappa shape index (κ2) is 7.59. The zero-order valence-electron chi connectivity index (χ0n) is 14.3. The molecule has 0 radical (unpaired) electrons. The molecular formula is C16H30N4O. The van der Waals surface area contributed by atoms with Crippen molar-refractivity contribution in [1.29, 1.82) is 0 Å². The molecule has 1 rings (SSSR count). The molecule has 21 heavy (non-hydrogen) atoms. The monoisotopic (exact) mass is 294 g/mol. The van der Waals surface area contributed by atoms with Gasteiger partial charge in [0.2, 0.25) is 0 Å². The van der Waals surface area contributed by atoms with Gasteiger partial charge in [-0.3, -0.25) is 0 Å². The van der Waals surface area contributed by atoms with E-state index >= 15 is 0 Å². The van der Waals surface area contributed by atoms with Crippen LogP contribution >= 0.6 is 0 Å². The van der Waals surface area contributed by atoms with Crippen molar-refractivity contribution in [2.75, 3.05) is 29.9 Å². The van der Waals surface area contributed by atoms with Crippen molar-refractivity contribution in [2.24, 2.45) is 0 Å². The standard InChI is InChI=1S/C16H30N4O/c1-7-10-17-14-12(4)15(19-13(8-2)18-14)20(9-3)11-16(5,6)21/h21H,7-11H2,1-6H3,(H,17,18,19). The fraction of sp³-hybridized carbons (Fsp3) is 0.750. The number of likely N-dealkylation sites (N-methyl/N-ethyl adjacent to an activating group) is 1. The van der Waals surface area contributed by atoms with Crippen LogP contribution in [0, 0.1) is 6.92 Å². The SMILES string of the molecule is CCCNc1nc(CC)nc(N(CC)CC(C)(C)O)c1C. The van der Waals surface area contributed by atoms with E-state index in [1.165, 1.54) is 0 Å². The lowest BCUT2D eigenvalue weighted by Crippen LogP contribution is -2.39. The first-order valence-corrected chi connectivity index (χ1v) is 7.91. The third-order valence-electron chi connectivity index (χ3n) is 3.28. The van der Waals surface area contributed by atoms with E-state index in [-0.39, 0.29) is 0 Å². The lowest BCUT2D eigenvalue weighted by molar-refractivity contribution is 0.0874. The molecule has 0 aliphatic rings. The molecule has 0 fully saturated rings. The van der Waals surface area contributed by atoms with E-state index in [9.17, 15) is 5.11 Å². The van der Waals surface area contributed by atoms with Crippen LogP contribution in [-0.4, -0.2) is 40.3 Å². The first kappa shape index (κ1) is 17.7. The highest BCUT2D eigenvalue weighted by molar-refractivity contribution is 5.58. The number of hydrogen-bond acceptors (Lipinski definition) is 5. The second-order valence-electron chi connectivity index (χ2n) is 6.04. The Morgan fingerprint density at radius 2 is 1.86 bits per heavy atom. The van der Waals surface area contributed by atoms with Gasteiger partial charge in [0.05, 0.1) is 5.60 Å². The Bertz CT molecular complexity index is 454. The minimum atomic E-state index is -0.753. The van der Waals surface area contributed by atoms with Gasteiger partial charge in [-0.15, -0.1) is 0 Å². The number of aliphatic hydroxyl groups is 1. The lowest BCUT2D eigenvalue weighted by atomic mass is 10.1. The Morgan fingerprint density at radius 3 is 2.33 bits per heavy atom. The smallest absolute Gasteiger partial charge is 0.137 e. The first-order chi connectivity index (χ1) is 9.82. The highest BCUT2D eigenvalue weighted by Gasteiger charge is 2.21. The Morgan fingerprint density at radius 1 is 1.19 bits per heavy atom.